The predicted octanol–water partition coefficient (Wildman–Crippen LogP) is 2.74. The summed E-state index contributed by atoms with van der Waals surface area (Å²) in [5, 5.41) is 3.38. The van der Waals surface area contributed by atoms with E-state index < -0.39 is 5.54 Å². The molecule has 0 unspecified atom stereocenters. The van der Waals surface area contributed by atoms with E-state index >= 15 is 0 Å². The Balaban J connectivity index is 2.43. The lowest BCUT2D eigenvalue weighted by molar-refractivity contribution is -0.123. The van der Waals surface area contributed by atoms with Crippen LogP contribution in [0.2, 0.25) is 0 Å². The third-order valence-corrected chi connectivity index (χ3v) is 3.69. The van der Waals surface area contributed by atoms with Gasteiger partial charge in [-0.1, -0.05) is 26.0 Å². The number of carbonyl (C=O) groups excluding carboxylic acids is 1. The summed E-state index contributed by atoms with van der Waals surface area (Å²) < 4.78 is 0. The minimum Gasteiger partial charge on any atom is -0.310 e. The van der Waals surface area contributed by atoms with Crippen molar-refractivity contribution in [3.05, 3.63) is 29.8 Å². The van der Waals surface area contributed by atoms with E-state index in [9.17, 15) is 4.79 Å². The molecular weight excluding hydrogens is 236 g/mol. The number of benzene rings is 1. The van der Waals surface area contributed by atoms with Gasteiger partial charge in [-0.3, -0.25) is 4.79 Å². The largest absolute Gasteiger partial charge is 0.310 e. The zero-order chi connectivity index (χ0) is 14.3. The minimum absolute atomic E-state index is 0.0627. The lowest BCUT2D eigenvalue weighted by Gasteiger charge is -2.31. The van der Waals surface area contributed by atoms with Gasteiger partial charge in [0.1, 0.15) is 0 Å². The summed E-state index contributed by atoms with van der Waals surface area (Å²) in [7, 11) is 0. The van der Waals surface area contributed by atoms with Gasteiger partial charge in [0.05, 0.1) is 5.54 Å². The first-order valence-electron chi connectivity index (χ1n) is 6.85. The molecule has 1 aliphatic rings. The topological polar surface area (TPSA) is 32.3 Å². The molecule has 104 valence electrons. The highest BCUT2D eigenvalue weighted by Gasteiger charge is 2.39. The van der Waals surface area contributed by atoms with Gasteiger partial charge in [0.15, 0.2) is 0 Å². The van der Waals surface area contributed by atoms with Crippen molar-refractivity contribution in [1.82, 2.24) is 5.32 Å². The highest BCUT2D eigenvalue weighted by atomic mass is 16.2. The fourth-order valence-electron chi connectivity index (χ4n) is 2.43. The maximum absolute atomic E-state index is 12.7. The number of amides is 1. The van der Waals surface area contributed by atoms with Crippen LogP contribution in [-0.4, -0.2) is 24.5 Å². The third kappa shape index (κ3) is 2.98. The van der Waals surface area contributed by atoms with Gasteiger partial charge in [-0.05, 0) is 43.9 Å². The fourth-order valence-corrected chi connectivity index (χ4v) is 2.43. The summed E-state index contributed by atoms with van der Waals surface area (Å²) >= 11 is 0. The standard InChI is InChI=1S/C16H24N2O/c1-12-7-6-8-13(9-12)18-11-15(2,3)10-17-16(4,5)14(18)19/h6-9,17H,10-11H2,1-5H3. The molecule has 0 bridgehead atoms. The molecule has 0 spiro atoms. The molecule has 1 saturated heterocycles. The number of anilines is 1. The number of rotatable bonds is 1. The van der Waals surface area contributed by atoms with Gasteiger partial charge in [0.25, 0.3) is 0 Å². The SMILES string of the molecule is Cc1cccc(N2CC(C)(C)CNC(C)(C)C2=O)c1. The highest BCUT2D eigenvalue weighted by Crippen LogP contribution is 2.28. The molecule has 0 saturated carbocycles. The van der Waals surface area contributed by atoms with Crippen LogP contribution in [0.15, 0.2) is 24.3 Å². The molecule has 3 heteroatoms. The zero-order valence-electron chi connectivity index (χ0n) is 12.6. The molecule has 1 aliphatic heterocycles. The van der Waals surface area contributed by atoms with Gasteiger partial charge in [-0.2, -0.15) is 0 Å². The van der Waals surface area contributed by atoms with Crippen molar-refractivity contribution in [1.29, 1.82) is 0 Å². The van der Waals surface area contributed by atoms with Crippen molar-refractivity contribution in [2.75, 3.05) is 18.0 Å². The summed E-state index contributed by atoms with van der Waals surface area (Å²) in [6.07, 6.45) is 0. The summed E-state index contributed by atoms with van der Waals surface area (Å²) in [5.74, 6) is 0.142. The molecule has 1 fully saturated rings. The summed E-state index contributed by atoms with van der Waals surface area (Å²) in [4.78, 5) is 14.7. The molecule has 1 aromatic rings. The van der Waals surface area contributed by atoms with Gasteiger partial charge in [0.2, 0.25) is 5.91 Å². The Kier molecular flexibility index (Phi) is 3.43. The maximum atomic E-state index is 12.7. The fraction of sp³-hybridized carbons (Fsp3) is 0.562. The van der Waals surface area contributed by atoms with Crippen LogP contribution in [-0.2, 0) is 4.79 Å². The van der Waals surface area contributed by atoms with Crippen molar-refractivity contribution in [2.45, 2.75) is 40.2 Å². The van der Waals surface area contributed by atoms with Crippen LogP contribution in [0.1, 0.15) is 33.3 Å². The quantitative estimate of drug-likeness (QED) is 0.842. The van der Waals surface area contributed by atoms with Crippen LogP contribution >= 0.6 is 0 Å². The lowest BCUT2D eigenvalue weighted by Crippen LogP contribution is -2.51. The first-order valence-corrected chi connectivity index (χ1v) is 6.85. The minimum atomic E-state index is -0.516. The van der Waals surface area contributed by atoms with Crippen LogP contribution in [0.3, 0.4) is 0 Å². The van der Waals surface area contributed by atoms with E-state index in [-0.39, 0.29) is 11.3 Å². The predicted molar refractivity (Wildman–Crippen MR) is 79.4 cm³/mol. The van der Waals surface area contributed by atoms with E-state index in [4.69, 9.17) is 0 Å². The van der Waals surface area contributed by atoms with Crippen LogP contribution in [0.25, 0.3) is 0 Å². The van der Waals surface area contributed by atoms with Crippen LogP contribution in [0, 0.1) is 12.3 Å². The second-order valence-electron chi connectivity index (χ2n) is 6.87. The number of hydrogen-bond donors (Lipinski definition) is 1. The smallest absolute Gasteiger partial charge is 0.246 e. The molecule has 3 nitrogen and oxygen atoms in total. The zero-order valence-corrected chi connectivity index (χ0v) is 12.6. The van der Waals surface area contributed by atoms with E-state index in [1.54, 1.807) is 0 Å². The molecule has 1 amide bonds. The number of nitrogens with one attached hydrogen (secondary N) is 1. The monoisotopic (exact) mass is 260 g/mol. The molecule has 2 rings (SSSR count). The van der Waals surface area contributed by atoms with Crippen LogP contribution < -0.4 is 10.2 Å². The summed E-state index contributed by atoms with van der Waals surface area (Å²) in [5.41, 5.74) is 1.72. The van der Waals surface area contributed by atoms with E-state index in [2.05, 4.69) is 38.2 Å². The molecule has 1 aromatic carbocycles. The van der Waals surface area contributed by atoms with Gasteiger partial charge < -0.3 is 10.2 Å². The van der Waals surface area contributed by atoms with E-state index in [0.29, 0.717) is 0 Å². The first-order chi connectivity index (χ1) is 8.71. The second-order valence-corrected chi connectivity index (χ2v) is 6.87. The molecule has 19 heavy (non-hydrogen) atoms. The Bertz CT molecular complexity index is 491. The first kappa shape index (κ1) is 14.1. The Labute approximate surface area is 116 Å². The average molecular weight is 260 g/mol. The van der Waals surface area contributed by atoms with Crippen molar-refractivity contribution >= 4 is 11.6 Å². The molecular formula is C16H24N2O. The molecule has 0 radical (unpaired) electrons. The van der Waals surface area contributed by atoms with Crippen molar-refractivity contribution in [3.63, 3.8) is 0 Å². The Morgan fingerprint density at radius 1 is 1.21 bits per heavy atom. The summed E-state index contributed by atoms with van der Waals surface area (Å²) in [6, 6.07) is 8.16. The number of aryl methyl sites for hydroxylation is 1. The van der Waals surface area contributed by atoms with Crippen LogP contribution in [0.4, 0.5) is 5.69 Å². The van der Waals surface area contributed by atoms with E-state index in [1.165, 1.54) is 5.56 Å². The van der Waals surface area contributed by atoms with Crippen molar-refractivity contribution in [2.24, 2.45) is 5.41 Å². The molecule has 0 atom stereocenters. The lowest BCUT2D eigenvalue weighted by atomic mass is 9.93. The number of hydrogen-bond acceptors (Lipinski definition) is 2. The highest BCUT2D eigenvalue weighted by molar-refractivity contribution is 6.00. The molecule has 0 aliphatic carbocycles. The average Bonchev–Trinajstić information content (AvgIpc) is 2.40. The van der Waals surface area contributed by atoms with Crippen molar-refractivity contribution in [3.8, 4) is 0 Å². The summed E-state index contributed by atoms with van der Waals surface area (Å²) in [6.45, 7) is 11.9. The molecule has 0 aromatic heterocycles. The Hall–Kier alpha value is -1.35. The normalized spacial score (nSPS) is 22.2. The Morgan fingerprint density at radius 3 is 2.53 bits per heavy atom. The van der Waals surface area contributed by atoms with Gasteiger partial charge >= 0.3 is 0 Å². The Morgan fingerprint density at radius 2 is 1.89 bits per heavy atom. The number of nitrogens with zero attached hydrogens (tertiary/aromatic N) is 1. The molecule has 1 N–H and O–H groups in total. The maximum Gasteiger partial charge on any atom is 0.246 e. The molecule has 1 heterocycles. The van der Waals surface area contributed by atoms with Crippen molar-refractivity contribution < 1.29 is 4.79 Å². The third-order valence-electron chi connectivity index (χ3n) is 3.69. The number of carbonyl (C=O) groups is 1. The van der Waals surface area contributed by atoms with Crippen LogP contribution in [0.5, 0.6) is 0 Å². The second kappa shape index (κ2) is 4.64. The van der Waals surface area contributed by atoms with Gasteiger partial charge in [-0.15, -0.1) is 0 Å². The van der Waals surface area contributed by atoms with E-state index in [0.717, 1.165) is 18.8 Å². The van der Waals surface area contributed by atoms with E-state index in [1.807, 2.05) is 30.9 Å². The van der Waals surface area contributed by atoms with Gasteiger partial charge in [0, 0.05) is 18.8 Å². The van der Waals surface area contributed by atoms with Gasteiger partial charge in [-0.25, -0.2) is 0 Å².